The zero-order valence-electron chi connectivity index (χ0n) is 18.9. The van der Waals surface area contributed by atoms with Crippen molar-refractivity contribution < 1.29 is 4.79 Å². The van der Waals surface area contributed by atoms with E-state index in [-0.39, 0.29) is 5.78 Å². The minimum Gasteiger partial charge on any atom is -0.370 e. The fourth-order valence-electron chi connectivity index (χ4n) is 6.33. The molecule has 3 aromatic rings. The van der Waals surface area contributed by atoms with E-state index < -0.39 is 0 Å². The summed E-state index contributed by atoms with van der Waals surface area (Å²) in [5, 5.41) is 2.46. The highest BCUT2D eigenvalue weighted by Crippen LogP contribution is 2.44. The highest BCUT2D eigenvalue weighted by atomic mass is 16.1. The van der Waals surface area contributed by atoms with Gasteiger partial charge in [-0.25, -0.2) is 0 Å². The first-order valence-electron chi connectivity index (χ1n) is 12.3. The fourth-order valence-corrected chi connectivity index (χ4v) is 6.33. The Balaban J connectivity index is 1.19. The van der Waals surface area contributed by atoms with E-state index in [0.29, 0.717) is 11.8 Å². The number of hydrogen-bond donors (Lipinski definition) is 0. The van der Waals surface area contributed by atoms with Gasteiger partial charge in [-0.15, -0.1) is 0 Å². The van der Waals surface area contributed by atoms with Crippen molar-refractivity contribution in [2.45, 2.75) is 38.5 Å². The molecule has 1 aliphatic heterocycles. The molecule has 0 atom stereocenters. The molecule has 6 rings (SSSR count). The summed E-state index contributed by atoms with van der Waals surface area (Å²) in [7, 11) is 0. The van der Waals surface area contributed by atoms with Gasteiger partial charge in [-0.05, 0) is 60.2 Å². The Labute approximate surface area is 191 Å². The average molecular weight is 425 g/mol. The van der Waals surface area contributed by atoms with Crippen molar-refractivity contribution in [1.29, 1.82) is 0 Å². The van der Waals surface area contributed by atoms with Gasteiger partial charge in [0.05, 0.1) is 0 Å². The van der Waals surface area contributed by atoms with Crippen molar-refractivity contribution in [2.75, 3.05) is 37.6 Å². The number of benzene rings is 3. The maximum absolute atomic E-state index is 12.4. The molecule has 164 valence electrons. The van der Waals surface area contributed by atoms with Gasteiger partial charge in [-0.3, -0.25) is 4.79 Å². The number of Topliss-reactive ketones (excluding diaryl/α,β-unsaturated/α-hetero) is 1. The lowest BCUT2D eigenvalue weighted by molar-refractivity contribution is 0.0697. The van der Waals surface area contributed by atoms with E-state index in [0.717, 1.165) is 25.2 Å². The Morgan fingerprint density at radius 2 is 1.69 bits per heavy atom. The number of rotatable bonds is 5. The van der Waals surface area contributed by atoms with E-state index in [9.17, 15) is 4.79 Å². The number of hydrogen-bond acceptors (Lipinski definition) is 3. The highest BCUT2D eigenvalue weighted by Gasteiger charge is 2.38. The summed E-state index contributed by atoms with van der Waals surface area (Å²) in [6.07, 6.45) is 7.09. The molecule has 0 spiro atoms. The zero-order valence-corrected chi connectivity index (χ0v) is 18.9. The van der Waals surface area contributed by atoms with Gasteiger partial charge in [0.1, 0.15) is 0 Å². The van der Waals surface area contributed by atoms with Crippen LogP contribution in [0, 0.1) is 5.41 Å². The Morgan fingerprint density at radius 3 is 2.50 bits per heavy atom. The summed E-state index contributed by atoms with van der Waals surface area (Å²) < 4.78 is 0. The number of nitrogens with zero attached hydrogens (tertiary/aromatic N) is 2. The maximum Gasteiger partial charge on any atom is 0.167 e. The first-order chi connectivity index (χ1) is 15.7. The lowest BCUT2D eigenvalue weighted by Gasteiger charge is -2.45. The largest absolute Gasteiger partial charge is 0.370 e. The molecule has 0 bridgehead atoms. The minimum absolute atomic E-state index is 0.272. The van der Waals surface area contributed by atoms with Crippen LogP contribution in [0.25, 0.3) is 10.8 Å². The van der Waals surface area contributed by atoms with Crippen molar-refractivity contribution >= 4 is 22.2 Å². The number of ketones is 1. The molecule has 0 unspecified atom stereocenters. The second-order valence-corrected chi connectivity index (χ2v) is 10.2. The second kappa shape index (κ2) is 8.04. The van der Waals surface area contributed by atoms with Gasteiger partial charge in [-0.1, -0.05) is 61.0 Å². The van der Waals surface area contributed by atoms with E-state index in [1.165, 1.54) is 72.8 Å². The van der Waals surface area contributed by atoms with Gasteiger partial charge < -0.3 is 9.80 Å². The SMILES string of the molecule is O=C1Cc2ccc(N3CCCN(CC4(Cc5ccccc5)CCC4)CC3)c3cccc1c23. The Morgan fingerprint density at radius 1 is 0.812 bits per heavy atom. The van der Waals surface area contributed by atoms with Gasteiger partial charge in [-0.2, -0.15) is 0 Å². The number of anilines is 1. The van der Waals surface area contributed by atoms with Crippen LogP contribution < -0.4 is 4.90 Å². The smallest absolute Gasteiger partial charge is 0.167 e. The summed E-state index contributed by atoms with van der Waals surface area (Å²) in [5.41, 5.74) is 5.40. The van der Waals surface area contributed by atoms with Crippen LogP contribution in [0.5, 0.6) is 0 Å². The summed E-state index contributed by atoms with van der Waals surface area (Å²) >= 11 is 0. The molecule has 3 aliphatic rings. The van der Waals surface area contributed by atoms with Crippen LogP contribution in [0.3, 0.4) is 0 Å². The van der Waals surface area contributed by atoms with E-state index in [4.69, 9.17) is 0 Å². The maximum atomic E-state index is 12.4. The average Bonchev–Trinajstić information content (AvgIpc) is 2.96. The van der Waals surface area contributed by atoms with Crippen molar-refractivity contribution in [1.82, 2.24) is 4.90 Å². The van der Waals surface area contributed by atoms with E-state index in [2.05, 4.69) is 64.4 Å². The molecule has 0 N–H and O–H groups in total. The first kappa shape index (κ1) is 20.0. The van der Waals surface area contributed by atoms with E-state index in [1.807, 2.05) is 6.07 Å². The van der Waals surface area contributed by atoms with Crippen molar-refractivity contribution in [3.05, 3.63) is 77.4 Å². The monoisotopic (exact) mass is 424 g/mol. The molecule has 2 fully saturated rings. The Hall–Kier alpha value is -2.65. The van der Waals surface area contributed by atoms with Crippen molar-refractivity contribution in [2.24, 2.45) is 5.41 Å². The molecule has 0 radical (unpaired) electrons. The molecule has 3 nitrogen and oxygen atoms in total. The van der Waals surface area contributed by atoms with Gasteiger partial charge in [0, 0.05) is 49.2 Å². The summed E-state index contributed by atoms with van der Waals surface area (Å²) in [6, 6.07) is 21.8. The molecule has 3 aromatic carbocycles. The fraction of sp³-hybridized carbons (Fsp3) is 0.414. The second-order valence-electron chi connectivity index (χ2n) is 10.2. The molecule has 1 saturated heterocycles. The first-order valence-corrected chi connectivity index (χ1v) is 12.3. The van der Waals surface area contributed by atoms with Gasteiger partial charge >= 0.3 is 0 Å². The molecule has 0 aromatic heterocycles. The molecule has 2 aliphatic carbocycles. The van der Waals surface area contributed by atoms with E-state index in [1.54, 1.807) is 0 Å². The van der Waals surface area contributed by atoms with Crippen LogP contribution in [0.4, 0.5) is 5.69 Å². The van der Waals surface area contributed by atoms with Gasteiger partial charge in [0.2, 0.25) is 0 Å². The molecule has 32 heavy (non-hydrogen) atoms. The highest BCUT2D eigenvalue weighted by molar-refractivity contribution is 6.17. The third kappa shape index (κ3) is 3.53. The lowest BCUT2D eigenvalue weighted by atomic mass is 9.65. The standard InChI is InChI=1S/C29H32N2O/c32-27-19-23-11-12-26(24-9-4-10-25(27)28(23)24)31-16-6-15-30(17-18-31)21-29(13-5-14-29)20-22-7-2-1-3-8-22/h1-4,7-12H,5-6,13-21H2. The molecule has 0 amide bonds. The molecule has 1 heterocycles. The predicted molar refractivity (Wildman–Crippen MR) is 132 cm³/mol. The van der Waals surface area contributed by atoms with E-state index >= 15 is 0 Å². The molecular weight excluding hydrogens is 392 g/mol. The minimum atomic E-state index is 0.272. The molecule has 3 heteroatoms. The molecule has 1 saturated carbocycles. The lowest BCUT2D eigenvalue weighted by Crippen LogP contribution is -2.45. The quantitative estimate of drug-likeness (QED) is 0.540. The summed E-state index contributed by atoms with van der Waals surface area (Å²) in [6.45, 7) is 5.70. The van der Waals surface area contributed by atoms with Crippen LogP contribution in [-0.4, -0.2) is 43.4 Å². The van der Waals surface area contributed by atoms with Gasteiger partial charge in [0.15, 0.2) is 5.78 Å². The summed E-state index contributed by atoms with van der Waals surface area (Å²) in [5.74, 6) is 0.272. The Bertz CT molecular complexity index is 1150. The summed E-state index contributed by atoms with van der Waals surface area (Å²) in [4.78, 5) is 17.7. The predicted octanol–water partition coefficient (Wildman–Crippen LogP) is 5.50. The van der Waals surface area contributed by atoms with Crippen LogP contribution in [0.15, 0.2) is 60.7 Å². The van der Waals surface area contributed by atoms with Crippen LogP contribution in [0.1, 0.15) is 47.2 Å². The van der Waals surface area contributed by atoms with Crippen LogP contribution in [-0.2, 0) is 12.8 Å². The van der Waals surface area contributed by atoms with Crippen LogP contribution >= 0.6 is 0 Å². The number of carbonyl (C=O) groups excluding carboxylic acids is 1. The molecular formula is C29H32N2O. The third-order valence-electron chi connectivity index (χ3n) is 8.08. The normalized spacial score (nSPS) is 20.4. The third-order valence-corrected chi connectivity index (χ3v) is 8.08. The van der Waals surface area contributed by atoms with Crippen molar-refractivity contribution in [3.8, 4) is 0 Å². The van der Waals surface area contributed by atoms with Gasteiger partial charge in [0.25, 0.3) is 0 Å². The van der Waals surface area contributed by atoms with Crippen molar-refractivity contribution in [3.63, 3.8) is 0 Å². The Kier molecular flexibility index (Phi) is 5.02. The topological polar surface area (TPSA) is 23.6 Å². The zero-order chi connectivity index (χ0) is 21.5. The number of carbonyl (C=O) groups is 1. The van der Waals surface area contributed by atoms with Crippen LogP contribution in [0.2, 0.25) is 0 Å².